The Hall–Kier alpha value is -2.64. The lowest BCUT2D eigenvalue weighted by atomic mass is 10.1. The predicted octanol–water partition coefficient (Wildman–Crippen LogP) is 3.47. The number of nitrogens with zero attached hydrogens (tertiary/aromatic N) is 2. The lowest BCUT2D eigenvalue weighted by Crippen LogP contribution is -1.97. The van der Waals surface area contributed by atoms with E-state index < -0.39 is 0 Å². The molecule has 4 heteroatoms. The Bertz CT molecular complexity index is 887. The summed E-state index contributed by atoms with van der Waals surface area (Å²) in [5.41, 5.74) is 3.26. The van der Waals surface area contributed by atoms with Gasteiger partial charge in [-0.1, -0.05) is 11.8 Å². The van der Waals surface area contributed by atoms with Crippen LogP contribution in [-0.2, 0) is 4.74 Å². The van der Waals surface area contributed by atoms with Gasteiger partial charge in [0.05, 0.1) is 17.4 Å². The van der Waals surface area contributed by atoms with Crippen LogP contribution in [0.3, 0.4) is 0 Å². The summed E-state index contributed by atoms with van der Waals surface area (Å²) in [6.45, 7) is 2.14. The van der Waals surface area contributed by atoms with Crippen molar-refractivity contribution in [3.05, 3.63) is 59.5 Å². The second-order valence-corrected chi connectivity index (χ2v) is 5.00. The number of methoxy groups -OCH3 is 1. The van der Waals surface area contributed by atoms with Gasteiger partial charge < -0.3 is 4.74 Å². The summed E-state index contributed by atoms with van der Waals surface area (Å²) in [5.74, 6) is 5.77. The second kappa shape index (κ2) is 6.00. The predicted molar refractivity (Wildman–Crippen MR) is 84.5 cm³/mol. The van der Waals surface area contributed by atoms with Gasteiger partial charge in [0, 0.05) is 18.1 Å². The first-order valence-corrected chi connectivity index (χ1v) is 6.91. The molecule has 0 unspecified atom stereocenters. The van der Waals surface area contributed by atoms with Gasteiger partial charge in [0.15, 0.2) is 0 Å². The Labute approximate surface area is 128 Å². The first-order valence-electron chi connectivity index (χ1n) is 6.91. The number of aromatic nitrogens is 2. The van der Waals surface area contributed by atoms with Gasteiger partial charge in [-0.05, 0) is 48.9 Å². The average molecular weight is 294 g/mol. The summed E-state index contributed by atoms with van der Waals surface area (Å²) in [7, 11) is 1.61. The van der Waals surface area contributed by atoms with Crippen molar-refractivity contribution in [2.24, 2.45) is 0 Å². The number of halogens is 1. The summed E-state index contributed by atoms with van der Waals surface area (Å²) in [5, 5.41) is 5.41. The van der Waals surface area contributed by atoms with Crippen LogP contribution in [0, 0.1) is 24.6 Å². The molecule has 0 saturated carbocycles. The van der Waals surface area contributed by atoms with Crippen LogP contribution in [0.4, 0.5) is 4.39 Å². The molecule has 1 aromatic heterocycles. The van der Waals surface area contributed by atoms with Crippen molar-refractivity contribution in [3.63, 3.8) is 0 Å². The largest absolute Gasteiger partial charge is 0.372 e. The Morgan fingerprint density at radius 3 is 2.86 bits per heavy atom. The van der Waals surface area contributed by atoms with Gasteiger partial charge in [-0.3, -0.25) is 0 Å². The molecule has 3 nitrogen and oxygen atoms in total. The molecule has 0 aliphatic carbocycles. The standard InChI is InChI=1S/C18H15FN2O/c1-13-10-16(7-8-17(13)19)21-18-11-14(4-3-9-22-2)5-6-15(18)12-20-21/h5-8,10-12H,9H2,1-2H3. The highest BCUT2D eigenvalue weighted by Gasteiger charge is 2.07. The number of fused-ring (bicyclic) bond motifs is 1. The molecule has 0 N–H and O–H groups in total. The maximum absolute atomic E-state index is 13.4. The van der Waals surface area contributed by atoms with Gasteiger partial charge in [0.1, 0.15) is 12.4 Å². The molecule has 0 amide bonds. The number of hydrogen-bond donors (Lipinski definition) is 0. The highest BCUT2D eigenvalue weighted by Crippen LogP contribution is 2.21. The molecule has 1 heterocycles. The van der Waals surface area contributed by atoms with Crippen molar-refractivity contribution in [2.45, 2.75) is 6.92 Å². The molecule has 3 aromatic rings. The van der Waals surface area contributed by atoms with Crippen molar-refractivity contribution in [1.82, 2.24) is 9.78 Å². The number of ether oxygens (including phenoxy) is 1. The fourth-order valence-electron chi connectivity index (χ4n) is 2.27. The number of benzene rings is 2. The normalized spacial score (nSPS) is 10.5. The fourth-order valence-corrected chi connectivity index (χ4v) is 2.27. The molecule has 0 radical (unpaired) electrons. The minimum atomic E-state index is -0.216. The van der Waals surface area contributed by atoms with E-state index >= 15 is 0 Å². The molecular weight excluding hydrogens is 279 g/mol. The Morgan fingerprint density at radius 2 is 2.09 bits per heavy atom. The van der Waals surface area contributed by atoms with Crippen LogP contribution in [0.2, 0.25) is 0 Å². The first kappa shape index (κ1) is 14.3. The summed E-state index contributed by atoms with van der Waals surface area (Å²) >= 11 is 0. The monoisotopic (exact) mass is 294 g/mol. The molecule has 3 rings (SSSR count). The molecule has 0 aliphatic heterocycles. The third-order valence-electron chi connectivity index (χ3n) is 3.41. The van der Waals surface area contributed by atoms with Crippen LogP contribution in [0.5, 0.6) is 0 Å². The lowest BCUT2D eigenvalue weighted by Gasteiger charge is -2.05. The minimum absolute atomic E-state index is 0.216. The molecule has 0 saturated heterocycles. The molecular formula is C18H15FN2O. The van der Waals surface area contributed by atoms with E-state index in [0.717, 1.165) is 22.2 Å². The van der Waals surface area contributed by atoms with Crippen LogP contribution in [0.25, 0.3) is 16.6 Å². The summed E-state index contributed by atoms with van der Waals surface area (Å²) in [4.78, 5) is 0. The van der Waals surface area contributed by atoms with E-state index in [1.165, 1.54) is 6.07 Å². The fraction of sp³-hybridized carbons (Fsp3) is 0.167. The van der Waals surface area contributed by atoms with E-state index in [1.807, 2.05) is 18.2 Å². The summed E-state index contributed by atoms with van der Waals surface area (Å²) in [6.07, 6.45) is 1.79. The van der Waals surface area contributed by atoms with E-state index in [1.54, 1.807) is 37.0 Å². The van der Waals surface area contributed by atoms with Gasteiger partial charge >= 0.3 is 0 Å². The molecule has 110 valence electrons. The molecule has 0 fully saturated rings. The van der Waals surface area contributed by atoms with Gasteiger partial charge in [-0.15, -0.1) is 0 Å². The van der Waals surface area contributed by atoms with E-state index in [-0.39, 0.29) is 5.82 Å². The Morgan fingerprint density at radius 1 is 1.23 bits per heavy atom. The van der Waals surface area contributed by atoms with Gasteiger partial charge in [-0.25, -0.2) is 9.07 Å². The maximum Gasteiger partial charge on any atom is 0.126 e. The topological polar surface area (TPSA) is 27.1 Å². The molecule has 0 bridgehead atoms. The smallest absolute Gasteiger partial charge is 0.126 e. The average Bonchev–Trinajstić information content (AvgIpc) is 2.93. The van der Waals surface area contributed by atoms with Crippen LogP contribution >= 0.6 is 0 Å². The Kier molecular flexibility index (Phi) is 3.90. The first-order chi connectivity index (χ1) is 10.7. The number of aryl methyl sites for hydroxylation is 1. The lowest BCUT2D eigenvalue weighted by molar-refractivity contribution is 0.240. The second-order valence-electron chi connectivity index (χ2n) is 5.00. The number of rotatable bonds is 2. The van der Waals surface area contributed by atoms with Crippen molar-refractivity contribution >= 4 is 10.9 Å². The van der Waals surface area contributed by atoms with Crippen LogP contribution in [0.1, 0.15) is 11.1 Å². The quantitative estimate of drug-likeness (QED) is 0.677. The SMILES string of the molecule is COCC#Cc1ccc2cnn(-c3ccc(F)c(C)c3)c2c1. The number of hydrogen-bond acceptors (Lipinski definition) is 2. The van der Waals surface area contributed by atoms with E-state index in [0.29, 0.717) is 12.2 Å². The molecule has 0 spiro atoms. The Balaban J connectivity index is 2.08. The third-order valence-corrected chi connectivity index (χ3v) is 3.41. The molecule has 0 aliphatic rings. The highest BCUT2D eigenvalue weighted by atomic mass is 19.1. The van der Waals surface area contributed by atoms with E-state index in [2.05, 4.69) is 16.9 Å². The zero-order valence-corrected chi connectivity index (χ0v) is 12.4. The van der Waals surface area contributed by atoms with Crippen LogP contribution in [0.15, 0.2) is 42.6 Å². The molecule has 22 heavy (non-hydrogen) atoms. The van der Waals surface area contributed by atoms with E-state index in [4.69, 9.17) is 4.74 Å². The van der Waals surface area contributed by atoms with Gasteiger partial charge in [-0.2, -0.15) is 5.10 Å². The van der Waals surface area contributed by atoms with Gasteiger partial charge in [0.2, 0.25) is 0 Å². The zero-order valence-electron chi connectivity index (χ0n) is 12.4. The molecule has 2 aromatic carbocycles. The van der Waals surface area contributed by atoms with Crippen LogP contribution < -0.4 is 0 Å². The minimum Gasteiger partial charge on any atom is -0.372 e. The van der Waals surface area contributed by atoms with Gasteiger partial charge in [0.25, 0.3) is 0 Å². The van der Waals surface area contributed by atoms with Crippen molar-refractivity contribution < 1.29 is 9.13 Å². The summed E-state index contributed by atoms with van der Waals surface area (Å²) in [6, 6.07) is 10.9. The van der Waals surface area contributed by atoms with E-state index in [9.17, 15) is 4.39 Å². The molecule has 0 atom stereocenters. The van der Waals surface area contributed by atoms with Crippen LogP contribution in [-0.4, -0.2) is 23.5 Å². The highest BCUT2D eigenvalue weighted by molar-refractivity contribution is 5.81. The van der Waals surface area contributed by atoms with Crippen molar-refractivity contribution in [1.29, 1.82) is 0 Å². The van der Waals surface area contributed by atoms with Crippen molar-refractivity contribution in [2.75, 3.05) is 13.7 Å². The maximum atomic E-state index is 13.4. The third kappa shape index (κ3) is 2.72. The zero-order chi connectivity index (χ0) is 15.5. The van der Waals surface area contributed by atoms with Crippen molar-refractivity contribution in [3.8, 4) is 17.5 Å². The summed E-state index contributed by atoms with van der Waals surface area (Å²) < 4.78 is 20.2.